The molecule has 0 radical (unpaired) electrons. The van der Waals surface area contributed by atoms with E-state index in [9.17, 15) is 9.59 Å². The third-order valence-electron chi connectivity index (χ3n) is 2.57. The smallest absolute Gasteiger partial charge is 0.309 e. The molecule has 4 heteroatoms. The fourth-order valence-corrected chi connectivity index (χ4v) is 1.66. The van der Waals surface area contributed by atoms with Crippen LogP contribution in [0.1, 0.15) is 39.5 Å². The van der Waals surface area contributed by atoms with Crippen molar-refractivity contribution < 1.29 is 19.1 Å². The first-order chi connectivity index (χ1) is 7.17. The fourth-order valence-electron chi connectivity index (χ4n) is 1.66. The van der Waals surface area contributed by atoms with Crippen molar-refractivity contribution in [2.24, 2.45) is 5.92 Å². The Bertz CT molecular complexity index is 237. The Morgan fingerprint density at radius 3 is 2.80 bits per heavy atom. The molecular formula is C11H18O4. The van der Waals surface area contributed by atoms with Gasteiger partial charge in [0.05, 0.1) is 12.3 Å². The van der Waals surface area contributed by atoms with Crippen molar-refractivity contribution in [3.05, 3.63) is 0 Å². The van der Waals surface area contributed by atoms with Crippen LogP contribution in [-0.2, 0) is 19.1 Å². The molecule has 0 bridgehead atoms. The van der Waals surface area contributed by atoms with Crippen LogP contribution in [0.3, 0.4) is 0 Å². The van der Waals surface area contributed by atoms with Crippen LogP contribution >= 0.6 is 0 Å². The Morgan fingerprint density at radius 2 is 2.33 bits per heavy atom. The molecule has 1 fully saturated rings. The Kier molecular flexibility index (Phi) is 4.59. The summed E-state index contributed by atoms with van der Waals surface area (Å²) < 4.78 is 9.93. The molecule has 0 spiro atoms. The number of esters is 2. The lowest BCUT2D eigenvalue weighted by Gasteiger charge is -2.15. The van der Waals surface area contributed by atoms with Crippen molar-refractivity contribution in [1.82, 2.24) is 0 Å². The van der Waals surface area contributed by atoms with Gasteiger partial charge in [0.2, 0.25) is 0 Å². The molecule has 0 aromatic carbocycles. The van der Waals surface area contributed by atoms with E-state index < -0.39 is 0 Å². The average molecular weight is 214 g/mol. The minimum atomic E-state index is -0.365. The van der Waals surface area contributed by atoms with Crippen LogP contribution in [0.2, 0.25) is 0 Å². The van der Waals surface area contributed by atoms with Gasteiger partial charge in [-0.15, -0.1) is 0 Å². The number of carbonyl (C=O) groups excluding carboxylic acids is 2. The second-order valence-electron chi connectivity index (χ2n) is 3.84. The van der Waals surface area contributed by atoms with E-state index in [2.05, 4.69) is 0 Å². The molecule has 1 aliphatic rings. The molecule has 1 heterocycles. The summed E-state index contributed by atoms with van der Waals surface area (Å²) >= 11 is 0. The van der Waals surface area contributed by atoms with Gasteiger partial charge in [-0.05, 0) is 12.8 Å². The van der Waals surface area contributed by atoms with Crippen molar-refractivity contribution in [1.29, 1.82) is 0 Å². The average Bonchev–Trinajstić information content (AvgIpc) is 2.60. The van der Waals surface area contributed by atoms with Crippen molar-refractivity contribution in [2.45, 2.75) is 45.6 Å². The minimum absolute atomic E-state index is 0.0364. The maximum atomic E-state index is 11.6. The summed E-state index contributed by atoms with van der Waals surface area (Å²) in [5.41, 5.74) is 0. The lowest BCUT2D eigenvalue weighted by molar-refractivity contribution is -0.154. The molecule has 0 aliphatic carbocycles. The second kappa shape index (κ2) is 5.73. The molecule has 0 saturated carbocycles. The first-order valence-corrected chi connectivity index (χ1v) is 5.53. The lowest BCUT2D eigenvalue weighted by Crippen LogP contribution is -2.24. The Labute approximate surface area is 89.9 Å². The van der Waals surface area contributed by atoms with Gasteiger partial charge in [-0.3, -0.25) is 9.59 Å². The number of hydrogen-bond acceptors (Lipinski definition) is 4. The predicted octanol–water partition coefficient (Wildman–Crippen LogP) is 1.67. The lowest BCUT2D eigenvalue weighted by atomic mass is 10.0. The van der Waals surface area contributed by atoms with Gasteiger partial charge >= 0.3 is 11.9 Å². The van der Waals surface area contributed by atoms with Gasteiger partial charge in [0, 0.05) is 0 Å². The van der Waals surface area contributed by atoms with Gasteiger partial charge in [0.15, 0.2) is 0 Å². The van der Waals surface area contributed by atoms with Gasteiger partial charge in [-0.1, -0.05) is 20.3 Å². The van der Waals surface area contributed by atoms with E-state index in [-0.39, 0.29) is 37.0 Å². The molecule has 0 N–H and O–H groups in total. The van der Waals surface area contributed by atoms with Crippen LogP contribution < -0.4 is 0 Å². The van der Waals surface area contributed by atoms with E-state index in [1.165, 1.54) is 0 Å². The highest BCUT2D eigenvalue weighted by Gasteiger charge is 2.29. The molecule has 0 aromatic rings. The SMILES string of the molecule is CCCC(CC)C(=O)OC1COC(=O)C1. The summed E-state index contributed by atoms with van der Waals surface area (Å²) in [6.07, 6.45) is 2.43. The minimum Gasteiger partial charge on any atom is -0.462 e. The van der Waals surface area contributed by atoms with Gasteiger partial charge < -0.3 is 9.47 Å². The molecule has 0 amide bonds. The first-order valence-electron chi connectivity index (χ1n) is 5.53. The zero-order chi connectivity index (χ0) is 11.3. The van der Waals surface area contributed by atoms with Crippen LogP contribution in [0, 0.1) is 5.92 Å². The Morgan fingerprint density at radius 1 is 1.60 bits per heavy atom. The van der Waals surface area contributed by atoms with Crippen molar-refractivity contribution in [3.63, 3.8) is 0 Å². The van der Waals surface area contributed by atoms with Crippen LogP contribution in [-0.4, -0.2) is 24.6 Å². The molecule has 1 rings (SSSR count). The quantitative estimate of drug-likeness (QED) is 0.653. The van der Waals surface area contributed by atoms with E-state index in [1.807, 2.05) is 13.8 Å². The third-order valence-corrected chi connectivity index (χ3v) is 2.57. The molecule has 2 unspecified atom stereocenters. The predicted molar refractivity (Wildman–Crippen MR) is 54.1 cm³/mol. The summed E-state index contributed by atoms with van der Waals surface area (Å²) in [5.74, 6) is -0.510. The van der Waals surface area contributed by atoms with Crippen LogP contribution in [0.25, 0.3) is 0 Å². The summed E-state index contributed by atoms with van der Waals surface area (Å²) in [4.78, 5) is 22.4. The third kappa shape index (κ3) is 3.53. The highest BCUT2D eigenvalue weighted by molar-refractivity contribution is 5.75. The molecule has 2 atom stereocenters. The summed E-state index contributed by atoms with van der Waals surface area (Å²) in [5, 5.41) is 0. The molecular weight excluding hydrogens is 196 g/mol. The largest absolute Gasteiger partial charge is 0.462 e. The Hall–Kier alpha value is -1.06. The second-order valence-corrected chi connectivity index (χ2v) is 3.84. The normalized spacial score (nSPS) is 22.3. The summed E-state index contributed by atoms with van der Waals surface area (Å²) in [6, 6.07) is 0. The van der Waals surface area contributed by atoms with E-state index in [0.29, 0.717) is 0 Å². The number of ether oxygens (including phenoxy) is 2. The molecule has 0 aromatic heterocycles. The van der Waals surface area contributed by atoms with Crippen molar-refractivity contribution in [3.8, 4) is 0 Å². The van der Waals surface area contributed by atoms with Crippen LogP contribution in [0.5, 0.6) is 0 Å². The number of hydrogen-bond donors (Lipinski definition) is 0. The van der Waals surface area contributed by atoms with Gasteiger partial charge in [-0.2, -0.15) is 0 Å². The highest BCUT2D eigenvalue weighted by Crippen LogP contribution is 2.17. The maximum absolute atomic E-state index is 11.6. The fraction of sp³-hybridized carbons (Fsp3) is 0.818. The zero-order valence-electron chi connectivity index (χ0n) is 9.32. The number of cyclic esters (lactones) is 1. The van der Waals surface area contributed by atoms with Gasteiger partial charge in [-0.25, -0.2) is 0 Å². The van der Waals surface area contributed by atoms with E-state index in [4.69, 9.17) is 9.47 Å². The Balaban J connectivity index is 2.36. The summed E-state index contributed by atoms with van der Waals surface area (Å²) in [6.45, 7) is 4.23. The highest BCUT2D eigenvalue weighted by atomic mass is 16.6. The molecule has 4 nitrogen and oxygen atoms in total. The monoisotopic (exact) mass is 214 g/mol. The van der Waals surface area contributed by atoms with E-state index in [1.54, 1.807) is 0 Å². The number of rotatable bonds is 5. The standard InChI is InChI=1S/C11H18O4/c1-3-5-8(4-2)11(13)15-9-6-10(12)14-7-9/h8-9H,3-7H2,1-2H3. The zero-order valence-corrected chi connectivity index (χ0v) is 9.32. The van der Waals surface area contributed by atoms with E-state index >= 15 is 0 Å². The topological polar surface area (TPSA) is 52.6 Å². The summed E-state index contributed by atoms with van der Waals surface area (Å²) in [7, 11) is 0. The van der Waals surface area contributed by atoms with Crippen LogP contribution in [0.4, 0.5) is 0 Å². The van der Waals surface area contributed by atoms with Gasteiger partial charge in [0.1, 0.15) is 12.7 Å². The molecule has 1 aliphatic heterocycles. The molecule has 15 heavy (non-hydrogen) atoms. The van der Waals surface area contributed by atoms with Crippen LogP contribution in [0.15, 0.2) is 0 Å². The maximum Gasteiger partial charge on any atom is 0.309 e. The first kappa shape index (κ1) is 12.0. The van der Waals surface area contributed by atoms with Gasteiger partial charge in [0.25, 0.3) is 0 Å². The molecule has 1 saturated heterocycles. The van der Waals surface area contributed by atoms with E-state index in [0.717, 1.165) is 19.3 Å². The van der Waals surface area contributed by atoms with Crippen molar-refractivity contribution >= 4 is 11.9 Å². The number of carbonyl (C=O) groups is 2. The molecule has 86 valence electrons. The van der Waals surface area contributed by atoms with Crippen molar-refractivity contribution in [2.75, 3.05) is 6.61 Å².